The number of hydrogen-bond acceptors (Lipinski definition) is 3. The fourth-order valence-electron chi connectivity index (χ4n) is 1.87. The average molecular weight is 221 g/mol. The molecule has 2 N–H and O–H groups in total. The standard InChI is InChI=1S/C13H23N3/c1-3-16(12(2)7-6-9-14)11-13-8-4-5-10-15-13/h4-5,8,10,12H,3,6-7,9,11,14H2,1-2H3. The Bertz CT molecular complexity index is 274. The van der Waals surface area contributed by atoms with Gasteiger partial charge in [0.05, 0.1) is 5.69 Å². The topological polar surface area (TPSA) is 42.2 Å². The summed E-state index contributed by atoms with van der Waals surface area (Å²) < 4.78 is 0. The highest BCUT2D eigenvalue weighted by Crippen LogP contribution is 2.09. The Morgan fingerprint density at radius 3 is 2.81 bits per heavy atom. The third-order valence-corrected chi connectivity index (χ3v) is 2.95. The molecule has 90 valence electrons. The second-order valence-electron chi connectivity index (χ2n) is 4.16. The summed E-state index contributed by atoms with van der Waals surface area (Å²) >= 11 is 0. The zero-order valence-corrected chi connectivity index (χ0v) is 10.4. The first-order chi connectivity index (χ1) is 7.77. The highest BCUT2D eigenvalue weighted by atomic mass is 15.1. The van der Waals surface area contributed by atoms with Crippen molar-refractivity contribution in [1.82, 2.24) is 9.88 Å². The first-order valence-corrected chi connectivity index (χ1v) is 6.12. The van der Waals surface area contributed by atoms with Gasteiger partial charge in [0.25, 0.3) is 0 Å². The molecule has 0 spiro atoms. The van der Waals surface area contributed by atoms with Crippen molar-refractivity contribution < 1.29 is 0 Å². The van der Waals surface area contributed by atoms with Gasteiger partial charge in [-0.2, -0.15) is 0 Å². The van der Waals surface area contributed by atoms with Crippen LogP contribution in [0.15, 0.2) is 24.4 Å². The Balaban J connectivity index is 2.48. The van der Waals surface area contributed by atoms with Gasteiger partial charge in [-0.3, -0.25) is 9.88 Å². The van der Waals surface area contributed by atoms with Gasteiger partial charge in [0.1, 0.15) is 0 Å². The molecule has 3 nitrogen and oxygen atoms in total. The van der Waals surface area contributed by atoms with Crippen molar-refractivity contribution >= 4 is 0 Å². The molecular weight excluding hydrogens is 198 g/mol. The minimum Gasteiger partial charge on any atom is -0.330 e. The molecule has 1 aromatic rings. The van der Waals surface area contributed by atoms with Crippen molar-refractivity contribution in [3.05, 3.63) is 30.1 Å². The maximum atomic E-state index is 5.54. The maximum absolute atomic E-state index is 5.54. The van der Waals surface area contributed by atoms with Crippen LogP contribution in [-0.4, -0.2) is 29.0 Å². The number of rotatable bonds is 7. The SMILES string of the molecule is CCN(Cc1ccccn1)C(C)CCCN. The predicted octanol–water partition coefficient (Wildman–Crippen LogP) is 2.03. The molecule has 16 heavy (non-hydrogen) atoms. The van der Waals surface area contributed by atoms with E-state index in [0.29, 0.717) is 6.04 Å². The van der Waals surface area contributed by atoms with Gasteiger partial charge in [0.2, 0.25) is 0 Å². The monoisotopic (exact) mass is 221 g/mol. The van der Waals surface area contributed by atoms with Crippen molar-refractivity contribution in [2.75, 3.05) is 13.1 Å². The lowest BCUT2D eigenvalue weighted by atomic mass is 10.1. The van der Waals surface area contributed by atoms with Gasteiger partial charge in [-0.1, -0.05) is 13.0 Å². The molecule has 0 aliphatic heterocycles. The van der Waals surface area contributed by atoms with Crippen LogP contribution in [-0.2, 0) is 6.54 Å². The molecule has 0 radical (unpaired) electrons. The van der Waals surface area contributed by atoms with Crippen molar-refractivity contribution in [2.45, 2.75) is 39.3 Å². The summed E-state index contributed by atoms with van der Waals surface area (Å²) in [6.07, 6.45) is 4.12. The third-order valence-electron chi connectivity index (χ3n) is 2.95. The van der Waals surface area contributed by atoms with Crippen LogP contribution in [0.1, 0.15) is 32.4 Å². The molecule has 0 saturated heterocycles. The van der Waals surface area contributed by atoms with E-state index >= 15 is 0 Å². The smallest absolute Gasteiger partial charge is 0.0544 e. The minimum atomic E-state index is 0.579. The van der Waals surface area contributed by atoms with Crippen LogP contribution in [0.3, 0.4) is 0 Å². The van der Waals surface area contributed by atoms with Crippen LogP contribution in [0, 0.1) is 0 Å². The van der Waals surface area contributed by atoms with Crippen LogP contribution >= 0.6 is 0 Å². The minimum absolute atomic E-state index is 0.579. The Morgan fingerprint density at radius 2 is 2.25 bits per heavy atom. The zero-order chi connectivity index (χ0) is 11.8. The average Bonchev–Trinajstić information content (AvgIpc) is 2.34. The van der Waals surface area contributed by atoms with Gasteiger partial charge in [0.15, 0.2) is 0 Å². The molecular formula is C13H23N3. The third kappa shape index (κ3) is 4.29. The molecule has 0 aliphatic carbocycles. The summed E-state index contributed by atoms with van der Waals surface area (Å²) in [6.45, 7) is 7.24. The zero-order valence-electron chi connectivity index (χ0n) is 10.4. The molecule has 1 unspecified atom stereocenters. The summed E-state index contributed by atoms with van der Waals surface area (Å²) in [4.78, 5) is 6.81. The second kappa shape index (κ2) is 7.36. The first kappa shape index (κ1) is 13.1. The fourth-order valence-corrected chi connectivity index (χ4v) is 1.87. The van der Waals surface area contributed by atoms with E-state index in [1.165, 1.54) is 0 Å². The van der Waals surface area contributed by atoms with E-state index in [9.17, 15) is 0 Å². The van der Waals surface area contributed by atoms with Crippen molar-refractivity contribution in [1.29, 1.82) is 0 Å². The summed E-state index contributed by atoms with van der Waals surface area (Å²) in [5.74, 6) is 0. The Kier molecular flexibility index (Phi) is 6.04. The number of hydrogen-bond donors (Lipinski definition) is 1. The molecule has 0 aliphatic rings. The van der Waals surface area contributed by atoms with Gasteiger partial charge in [-0.15, -0.1) is 0 Å². The van der Waals surface area contributed by atoms with Gasteiger partial charge >= 0.3 is 0 Å². The summed E-state index contributed by atoms with van der Waals surface area (Å²) in [5, 5.41) is 0. The van der Waals surface area contributed by atoms with E-state index < -0.39 is 0 Å². The lowest BCUT2D eigenvalue weighted by Crippen LogP contribution is -2.33. The van der Waals surface area contributed by atoms with E-state index in [1.54, 1.807) is 0 Å². The number of aromatic nitrogens is 1. The molecule has 0 amide bonds. The van der Waals surface area contributed by atoms with Gasteiger partial charge < -0.3 is 5.73 Å². The van der Waals surface area contributed by atoms with Gasteiger partial charge in [-0.25, -0.2) is 0 Å². The van der Waals surface area contributed by atoms with Crippen LogP contribution in [0.5, 0.6) is 0 Å². The van der Waals surface area contributed by atoms with Crippen LogP contribution in [0.4, 0.5) is 0 Å². The van der Waals surface area contributed by atoms with E-state index in [1.807, 2.05) is 18.3 Å². The van der Waals surface area contributed by atoms with Gasteiger partial charge in [-0.05, 0) is 45.0 Å². The Labute approximate surface area is 98.7 Å². The number of nitrogens with two attached hydrogens (primary N) is 1. The molecule has 0 saturated carbocycles. The van der Waals surface area contributed by atoms with Crippen molar-refractivity contribution in [3.63, 3.8) is 0 Å². The fraction of sp³-hybridized carbons (Fsp3) is 0.615. The summed E-state index contributed by atoms with van der Waals surface area (Å²) in [7, 11) is 0. The lowest BCUT2D eigenvalue weighted by Gasteiger charge is -2.27. The van der Waals surface area contributed by atoms with Crippen LogP contribution in [0.25, 0.3) is 0 Å². The van der Waals surface area contributed by atoms with Crippen molar-refractivity contribution in [3.8, 4) is 0 Å². The molecule has 1 rings (SSSR count). The quantitative estimate of drug-likeness (QED) is 0.766. The van der Waals surface area contributed by atoms with Gasteiger partial charge in [0, 0.05) is 18.8 Å². The Hall–Kier alpha value is -0.930. The summed E-state index contributed by atoms with van der Waals surface area (Å²) in [5.41, 5.74) is 6.68. The second-order valence-corrected chi connectivity index (χ2v) is 4.16. The van der Waals surface area contributed by atoms with E-state index in [4.69, 9.17) is 5.73 Å². The maximum Gasteiger partial charge on any atom is 0.0544 e. The molecule has 3 heteroatoms. The molecule has 0 fully saturated rings. The molecule has 1 atom stereocenters. The largest absolute Gasteiger partial charge is 0.330 e. The van der Waals surface area contributed by atoms with E-state index in [2.05, 4.69) is 29.8 Å². The molecule has 0 bridgehead atoms. The Morgan fingerprint density at radius 1 is 1.44 bits per heavy atom. The number of pyridine rings is 1. The highest BCUT2D eigenvalue weighted by molar-refractivity contribution is 5.03. The number of nitrogens with zero attached hydrogens (tertiary/aromatic N) is 2. The normalized spacial score (nSPS) is 13.0. The van der Waals surface area contributed by atoms with Crippen LogP contribution < -0.4 is 5.73 Å². The first-order valence-electron chi connectivity index (χ1n) is 6.12. The summed E-state index contributed by atoms with van der Waals surface area (Å²) in [6, 6.07) is 6.66. The van der Waals surface area contributed by atoms with E-state index in [0.717, 1.165) is 38.2 Å². The predicted molar refractivity (Wildman–Crippen MR) is 68.1 cm³/mol. The molecule has 0 aromatic carbocycles. The molecule has 1 aromatic heterocycles. The van der Waals surface area contributed by atoms with Crippen molar-refractivity contribution in [2.24, 2.45) is 5.73 Å². The lowest BCUT2D eigenvalue weighted by molar-refractivity contribution is 0.197. The van der Waals surface area contributed by atoms with Crippen LogP contribution in [0.2, 0.25) is 0 Å². The molecule has 1 heterocycles. The van der Waals surface area contributed by atoms with E-state index in [-0.39, 0.29) is 0 Å². The highest BCUT2D eigenvalue weighted by Gasteiger charge is 2.12.